The fourth-order valence-electron chi connectivity index (χ4n) is 1.70. The Hall–Kier alpha value is -0.550. The maximum Gasteiger partial charge on any atom is 0.154 e. The lowest BCUT2D eigenvalue weighted by Crippen LogP contribution is -2.17. The highest BCUT2D eigenvalue weighted by Crippen LogP contribution is 2.20. The Labute approximate surface area is 104 Å². The summed E-state index contributed by atoms with van der Waals surface area (Å²) in [7, 11) is -2.86. The summed E-state index contributed by atoms with van der Waals surface area (Å²) < 4.78 is 28.1. The molecule has 16 heavy (non-hydrogen) atoms. The molecular formula is C11H13BrO3S. The third-order valence-corrected chi connectivity index (χ3v) is 4.96. The van der Waals surface area contributed by atoms with Crippen molar-refractivity contribution in [2.75, 3.05) is 11.5 Å². The number of sulfone groups is 1. The number of hydrogen-bond donors (Lipinski definition) is 0. The molecule has 1 aliphatic rings. The van der Waals surface area contributed by atoms with Gasteiger partial charge in [0, 0.05) is 5.33 Å². The fraction of sp³-hybridized carbons (Fsp3) is 0.455. The zero-order valence-electron chi connectivity index (χ0n) is 8.73. The molecule has 1 atom stereocenters. The van der Waals surface area contributed by atoms with Crippen LogP contribution in [0.3, 0.4) is 0 Å². The van der Waals surface area contributed by atoms with E-state index in [9.17, 15) is 8.42 Å². The smallest absolute Gasteiger partial charge is 0.154 e. The van der Waals surface area contributed by atoms with Crippen molar-refractivity contribution in [1.82, 2.24) is 0 Å². The van der Waals surface area contributed by atoms with Crippen molar-refractivity contribution in [3.8, 4) is 5.75 Å². The molecule has 0 aliphatic carbocycles. The van der Waals surface area contributed by atoms with Crippen LogP contribution in [0.2, 0.25) is 0 Å². The molecule has 0 radical (unpaired) electrons. The summed E-state index contributed by atoms with van der Waals surface area (Å²) >= 11 is 3.36. The van der Waals surface area contributed by atoms with E-state index in [0.29, 0.717) is 6.42 Å². The first kappa shape index (κ1) is 11.9. The molecular weight excluding hydrogens is 292 g/mol. The van der Waals surface area contributed by atoms with Crippen LogP contribution in [-0.2, 0) is 15.2 Å². The van der Waals surface area contributed by atoms with E-state index in [0.717, 1.165) is 11.1 Å². The quantitative estimate of drug-likeness (QED) is 0.804. The van der Waals surface area contributed by atoms with E-state index in [2.05, 4.69) is 15.9 Å². The second-order valence-electron chi connectivity index (χ2n) is 3.92. The van der Waals surface area contributed by atoms with Gasteiger partial charge >= 0.3 is 0 Å². The van der Waals surface area contributed by atoms with Crippen LogP contribution in [0, 0.1) is 0 Å². The Kier molecular flexibility index (Phi) is 3.54. The number of ether oxygens (including phenoxy) is 1. The van der Waals surface area contributed by atoms with Gasteiger partial charge in [-0.3, -0.25) is 0 Å². The molecule has 1 aromatic rings. The molecule has 1 fully saturated rings. The monoisotopic (exact) mass is 304 g/mol. The molecule has 1 unspecified atom stereocenters. The van der Waals surface area contributed by atoms with Gasteiger partial charge in [0.05, 0.1) is 11.5 Å². The molecule has 1 saturated heterocycles. The number of hydrogen-bond acceptors (Lipinski definition) is 3. The van der Waals surface area contributed by atoms with E-state index < -0.39 is 9.84 Å². The molecule has 0 aromatic heterocycles. The summed E-state index contributed by atoms with van der Waals surface area (Å²) in [5.74, 6) is 1.14. The fourth-order valence-corrected chi connectivity index (χ4v) is 3.67. The van der Waals surface area contributed by atoms with Gasteiger partial charge in [-0.2, -0.15) is 0 Å². The Morgan fingerprint density at radius 1 is 1.31 bits per heavy atom. The third-order valence-electron chi connectivity index (χ3n) is 2.57. The van der Waals surface area contributed by atoms with E-state index in [1.807, 2.05) is 24.3 Å². The molecule has 0 spiro atoms. The van der Waals surface area contributed by atoms with Crippen LogP contribution >= 0.6 is 15.9 Å². The van der Waals surface area contributed by atoms with Crippen LogP contribution in [-0.4, -0.2) is 26.0 Å². The third kappa shape index (κ3) is 2.98. The molecule has 88 valence electrons. The van der Waals surface area contributed by atoms with Gasteiger partial charge in [-0.05, 0) is 24.1 Å². The van der Waals surface area contributed by atoms with Crippen LogP contribution in [0.25, 0.3) is 0 Å². The second-order valence-corrected chi connectivity index (χ2v) is 6.71. The molecule has 0 N–H and O–H groups in total. The van der Waals surface area contributed by atoms with Gasteiger partial charge in [0.15, 0.2) is 9.84 Å². The molecule has 1 aliphatic heterocycles. The molecule has 5 heteroatoms. The number of rotatable bonds is 3. The lowest BCUT2D eigenvalue weighted by Gasteiger charge is -2.11. The number of benzene rings is 1. The van der Waals surface area contributed by atoms with Gasteiger partial charge in [-0.1, -0.05) is 28.1 Å². The van der Waals surface area contributed by atoms with Crippen molar-refractivity contribution in [1.29, 1.82) is 0 Å². The summed E-state index contributed by atoms with van der Waals surface area (Å²) in [6.45, 7) is 0. The zero-order chi connectivity index (χ0) is 11.6. The van der Waals surface area contributed by atoms with Gasteiger partial charge in [-0.15, -0.1) is 0 Å². The van der Waals surface area contributed by atoms with Crippen LogP contribution < -0.4 is 4.74 Å². The minimum Gasteiger partial charge on any atom is -0.489 e. The van der Waals surface area contributed by atoms with Gasteiger partial charge in [0.25, 0.3) is 0 Å². The van der Waals surface area contributed by atoms with Crippen LogP contribution in [0.15, 0.2) is 24.3 Å². The summed E-state index contributed by atoms with van der Waals surface area (Å²) in [5, 5.41) is 0.811. The molecule has 2 rings (SSSR count). The second kappa shape index (κ2) is 4.75. The average Bonchev–Trinajstić information content (AvgIpc) is 2.59. The highest BCUT2D eigenvalue weighted by Gasteiger charge is 2.29. The van der Waals surface area contributed by atoms with E-state index in [4.69, 9.17) is 4.74 Å². The van der Waals surface area contributed by atoms with Crippen molar-refractivity contribution >= 4 is 25.8 Å². The Bertz CT molecular complexity index is 453. The first-order valence-corrected chi connectivity index (χ1v) is 8.05. The van der Waals surface area contributed by atoms with Crippen molar-refractivity contribution < 1.29 is 13.2 Å². The lowest BCUT2D eigenvalue weighted by atomic mass is 10.2. The van der Waals surface area contributed by atoms with Gasteiger partial charge in [0.2, 0.25) is 0 Å². The summed E-state index contributed by atoms with van der Waals surface area (Å²) in [5.41, 5.74) is 1.17. The minimum absolute atomic E-state index is 0.146. The van der Waals surface area contributed by atoms with Gasteiger partial charge in [-0.25, -0.2) is 8.42 Å². The topological polar surface area (TPSA) is 43.4 Å². The van der Waals surface area contributed by atoms with Crippen molar-refractivity contribution in [2.24, 2.45) is 0 Å². The number of alkyl halides is 1. The van der Waals surface area contributed by atoms with Gasteiger partial charge < -0.3 is 4.74 Å². The Morgan fingerprint density at radius 2 is 2.00 bits per heavy atom. The minimum atomic E-state index is -2.86. The first-order chi connectivity index (χ1) is 7.59. The standard InChI is InChI=1S/C11H13BrO3S/c12-7-9-1-3-10(4-2-9)15-11-5-6-16(13,14)8-11/h1-4,11H,5-8H2. The van der Waals surface area contributed by atoms with Crippen LogP contribution in [0.1, 0.15) is 12.0 Å². The Balaban J connectivity index is 1.99. The SMILES string of the molecule is O=S1(=O)CCC(Oc2ccc(CBr)cc2)C1. The lowest BCUT2D eigenvalue weighted by molar-refractivity contribution is 0.229. The molecule has 0 bridgehead atoms. The highest BCUT2D eigenvalue weighted by molar-refractivity contribution is 9.08. The highest BCUT2D eigenvalue weighted by atomic mass is 79.9. The number of halogens is 1. The molecule has 1 aromatic carbocycles. The summed E-state index contributed by atoms with van der Waals surface area (Å²) in [6.07, 6.45) is 0.419. The maximum absolute atomic E-state index is 11.2. The van der Waals surface area contributed by atoms with Crippen molar-refractivity contribution in [2.45, 2.75) is 17.9 Å². The summed E-state index contributed by atoms with van der Waals surface area (Å²) in [4.78, 5) is 0. The van der Waals surface area contributed by atoms with E-state index in [-0.39, 0.29) is 17.6 Å². The van der Waals surface area contributed by atoms with Crippen LogP contribution in [0.5, 0.6) is 5.75 Å². The van der Waals surface area contributed by atoms with Crippen LogP contribution in [0.4, 0.5) is 0 Å². The molecule has 0 amide bonds. The molecule has 0 saturated carbocycles. The Morgan fingerprint density at radius 3 is 2.50 bits per heavy atom. The first-order valence-electron chi connectivity index (χ1n) is 5.11. The van der Waals surface area contributed by atoms with Gasteiger partial charge in [0.1, 0.15) is 11.9 Å². The van der Waals surface area contributed by atoms with E-state index in [1.165, 1.54) is 5.56 Å². The van der Waals surface area contributed by atoms with E-state index >= 15 is 0 Å². The largest absolute Gasteiger partial charge is 0.489 e. The molecule has 1 heterocycles. The average molecular weight is 305 g/mol. The van der Waals surface area contributed by atoms with Crippen molar-refractivity contribution in [3.05, 3.63) is 29.8 Å². The zero-order valence-corrected chi connectivity index (χ0v) is 11.1. The normalized spacial score (nSPS) is 23.2. The predicted molar refractivity (Wildman–Crippen MR) is 66.8 cm³/mol. The molecule has 3 nitrogen and oxygen atoms in total. The maximum atomic E-state index is 11.2. The van der Waals surface area contributed by atoms with Crippen molar-refractivity contribution in [3.63, 3.8) is 0 Å². The predicted octanol–water partition coefficient (Wildman–Crippen LogP) is 2.15. The summed E-state index contributed by atoms with van der Waals surface area (Å²) in [6, 6.07) is 7.68. The van der Waals surface area contributed by atoms with E-state index in [1.54, 1.807) is 0 Å².